The molecular formula is C12H13N3O3S. The van der Waals surface area contributed by atoms with E-state index in [2.05, 4.69) is 4.98 Å². The Bertz CT molecular complexity index is 613. The van der Waals surface area contributed by atoms with Gasteiger partial charge in [-0.15, -0.1) is 0 Å². The third kappa shape index (κ3) is 3.51. The van der Waals surface area contributed by atoms with Gasteiger partial charge in [0.25, 0.3) is 5.91 Å². The van der Waals surface area contributed by atoms with Crippen molar-refractivity contribution in [2.45, 2.75) is 19.3 Å². The van der Waals surface area contributed by atoms with Crippen molar-refractivity contribution in [3.63, 3.8) is 0 Å². The molecule has 0 bridgehead atoms. The molecule has 7 heteroatoms. The van der Waals surface area contributed by atoms with Crippen LogP contribution in [0.4, 0.5) is 0 Å². The number of pyridine rings is 1. The van der Waals surface area contributed by atoms with E-state index in [0.29, 0.717) is 0 Å². The number of nitriles is 1. The van der Waals surface area contributed by atoms with E-state index in [4.69, 9.17) is 5.26 Å². The number of rotatable bonds is 4. The first-order valence-electron chi connectivity index (χ1n) is 5.91. The summed E-state index contributed by atoms with van der Waals surface area (Å²) < 4.78 is 25.5. The topological polar surface area (TPSA) is 99.9 Å². The predicted octanol–water partition coefficient (Wildman–Crippen LogP) is 0.813. The molecule has 100 valence electrons. The lowest BCUT2D eigenvalue weighted by atomic mass is 9.87. The number of hydrogen-bond acceptors (Lipinski definition) is 5. The van der Waals surface area contributed by atoms with Crippen LogP contribution >= 0.6 is 0 Å². The van der Waals surface area contributed by atoms with Gasteiger partial charge in [-0.05, 0) is 30.9 Å². The number of amides is 1. The van der Waals surface area contributed by atoms with Crippen LogP contribution in [-0.4, -0.2) is 25.1 Å². The molecule has 1 heterocycles. The van der Waals surface area contributed by atoms with Crippen LogP contribution < -0.4 is 4.72 Å². The highest BCUT2D eigenvalue weighted by molar-refractivity contribution is 7.90. The Hall–Kier alpha value is -1.94. The minimum absolute atomic E-state index is 0.0115. The van der Waals surface area contributed by atoms with Crippen molar-refractivity contribution in [2.75, 3.05) is 5.75 Å². The van der Waals surface area contributed by atoms with Gasteiger partial charge in [0.05, 0.1) is 11.3 Å². The largest absolute Gasteiger partial charge is 0.268 e. The number of carbonyl (C=O) groups is 1. The summed E-state index contributed by atoms with van der Waals surface area (Å²) in [7, 11) is -3.60. The SMILES string of the molecule is N#Cc1ccc(C(=O)NS(=O)(=O)CC2CCC2)cn1. The second-order valence-corrected chi connectivity index (χ2v) is 6.32. The molecule has 0 unspecified atom stereocenters. The van der Waals surface area contributed by atoms with Gasteiger partial charge in [-0.2, -0.15) is 5.26 Å². The van der Waals surface area contributed by atoms with Crippen molar-refractivity contribution >= 4 is 15.9 Å². The number of aromatic nitrogens is 1. The molecule has 19 heavy (non-hydrogen) atoms. The minimum Gasteiger partial charge on any atom is -0.268 e. The molecule has 1 fully saturated rings. The molecule has 0 saturated heterocycles. The monoisotopic (exact) mass is 279 g/mol. The maximum Gasteiger partial charge on any atom is 0.266 e. The molecule has 1 aliphatic carbocycles. The van der Waals surface area contributed by atoms with Crippen LogP contribution in [-0.2, 0) is 10.0 Å². The minimum atomic E-state index is -3.60. The van der Waals surface area contributed by atoms with E-state index < -0.39 is 15.9 Å². The molecule has 1 aromatic heterocycles. The van der Waals surface area contributed by atoms with Gasteiger partial charge in [-0.25, -0.2) is 18.1 Å². The molecule has 0 radical (unpaired) electrons. The molecule has 0 spiro atoms. The van der Waals surface area contributed by atoms with Crippen LogP contribution in [0.2, 0.25) is 0 Å². The molecule has 1 aromatic rings. The molecule has 1 aliphatic rings. The third-order valence-electron chi connectivity index (χ3n) is 3.07. The zero-order valence-electron chi connectivity index (χ0n) is 10.2. The first-order chi connectivity index (χ1) is 9.00. The molecule has 0 aliphatic heterocycles. The summed E-state index contributed by atoms with van der Waals surface area (Å²) in [5.41, 5.74) is 0.296. The Kier molecular flexibility index (Phi) is 3.81. The van der Waals surface area contributed by atoms with Gasteiger partial charge < -0.3 is 0 Å². The summed E-state index contributed by atoms with van der Waals surface area (Å²) in [6.07, 6.45) is 4.03. The lowest BCUT2D eigenvalue weighted by Crippen LogP contribution is -2.36. The van der Waals surface area contributed by atoms with Gasteiger partial charge in [-0.3, -0.25) is 4.79 Å². The molecule has 0 aromatic carbocycles. The number of hydrogen-bond donors (Lipinski definition) is 1. The van der Waals surface area contributed by atoms with Crippen molar-refractivity contribution < 1.29 is 13.2 Å². The zero-order valence-corrected chi connectivity index (χ0v) is 11.0. The van der Waals surface area contributed by atoms with Gasteiger partial charge in [0.1, 0.15) is 11.8 Å². The van der Waals surface area contributed by atoms with Crippen molar-refractivity contribution in [3.05, 3.63) is 29.6 Å². The normalized spacial score (nSPS) is 15.3. The molecule has 0 atom stereocenters. The van der Waals surface area contributed by atoms with E-state index >= 15 is 0 Å². The highest BCUT2D eigenvalue weighted by Gasteiger charge is 2.26. The van der Waals surface area contributed by atoms with Gasteiger partial charge in [-0.1, -0.05) is 6.42 Å². The summed E-state index contributed by atoms with van der Waals surface area (Å²) in [5.74, 6) is -0.566. The third-order valence-corrected chi connectivity index (χ3v) is 4.47. The Labute approximate surface area is 111 Å². The van der Waals surface area contributed by atoms with Crippen LogP contribution in [0.15, 0.2) is 18.3 Å². The average Bonchev–Trinajstić information content (AvgIpc) is 2.34. The fourth-order valence-electron chi connectivity index (χ4n) is 1.81. The first-order valence-corrected chi connectivity index (χ1v) is 7.56. The van der Waals surface area contributed by atoms with E-state index in [9.17, 15) is 13.2 Å². The van der Waals surface area contributed by atoms with E-state index in [1.165, 1.54) is 18.3 Å². The van der Waals surface area contributed by atoms with E-state index in [0.717, 1.165) is 19.3 Å². The van der Waals surface area contributed by atoms with E-state index in [-0.39, 0.29) is 22.9 Å². The Morgan fingerprint density at radius 3 is 2.68 bits per heavy atom. The summed E-state index contributed by atoms with van der Waals surface area (Å²) in [4.78, 5) is 15.5. The van der Waals surface area contributed by atoms with Crippen molar-refractivity contribution in [3.8, 4) is 6.07 Å². The molecule has 1 saturated carbocycles. The van der Waals surface area contributed by atoms with Crippen molar-refractivity contribution in [2.24, 2.45) is 5.92 Å². The Morgan fingerprint density at radius 1 is 1.47 bits per heavy atom. The van der Waals surface area contributed by atoms with Gasteiger partial charge >= 0.3 is 0 Å². The molecular weight excluding hydrogens is 266 g/mol. The van der Waals surface area contributed by atoms with E-state index in [1.54, 1.807) is 0 Å². The van der Waals surface area contributed by atoms with Gasteiger partial charge in [0.2, 0.25) is 10.0 Å². The van der Waals surface area contributed by atoms with Crippen molar-refractivity contribution in [1.29, 1.82) is 5.26 Å². The molecule has 2 rings (SSSR count). The number of sulfonamides is 1. The molecule has 1 amide bonds. The lowest BCUT2D eigenvalue weighted by Gasteiger charge is -2.24. The molecule has 6 nitrogen and oxygen atoms in total. The van der Waals surface area contributed by atoms with Crippen LogP contribution in [0.1, 0.15) is 35.3 Å². The second-order valence-electron chi connectivity index (χ2n) is 4.55. The fourth-order valence-corrected chi connectivity index (χ4v) is 3.24. The van der Waals surface area contributed by atoms with Crippen molar-refractivity contribution in [1.82, 2.24) is 9.71 Å². The molecule has 1 N–H and O–H groups in total. The number of nitrogens with zero attached hydrogens (tertiary/aromatic N) is 2. The zero-order chi connectivity index (χ0) is 13.9. The van der Waals surface area contributed by atoms with Gasteiger partial charge in [0, 0.05) is 6.20 Å². The van der Waals surface area contributed by atoms with Gasteiger partial charge in [0.15, 0.2) is 0 Å². The summed E-state index contributed by atoms with van der Waals surface area (Å²) in [6, 6.07) is 4.56. The number of carbonyl (C=O) groups excluding carboxylic acids is 1. The number of nitrogens with one attached hydrogen (secondary N) is 1. The Balaban J connectivity index is 2.01. The first kappa shape index (κ1) is 13.5. The summed E-state index contributed by atoms with van der Waals surface area (Å²) in [6.45, 7) is 0. The summed E-state index contributed by atoms with van der Waals surface area (Å²) in [5, 5.41) is 8.58. The quantitative estimate of drug-likeness (QED) is 0.879. The fraction of sp³-hybridized carbons (Fsp3) is 0.417. The predicted molar refractivity (Wildman–Crippen MR) is 67.5 cm³/mol. The second kappa shape index (κ2) is 5.36. The van der Waals surface area contributed by atoms with Crippen LogP contribution in [0.3, 0.4) is 0 Å². The van der Waals surface area contributed by atoms with Crippen LogP contribution in [0, 0.1) is 17.2 Å². The Morgan fingerprint density at radius 2 is 2.21 bits per heavy atom. The maximum absolute atomic E-state index is 11.7. The highest BCUT2D eigenvalue weighted by Crippen LogP contribution is 2.27. The summed E-state index contributed by atoms with van der Waals surface area (Å²) >= 11 is 0. The highest BCUT2D eigenvalue weighted by atomic mass is 32.2. The lowest BCUT2D eigenvalue weighted by molar-refractivity contribution is 0.0981. The standard InChI is InChI=1S/C12H13N3O3S/c13-6-11-5-4-10(7-14-11)12(16)15-19(17,18)8-9-2-1-3-9/h4-5,7,9H,1-3,8H2,(H,15,16). The van der Waals surface area contributed by atoms with E-state index in [1.807, 2.05) is 10.8 Å². The average molecular weight is 279 g/mol. The van der Waals surface area contributed by atoms with Crippen LogP contribution in [0.25, 0.3) is 0 Å². The van der Waals surface area contributed by atoms with Crippen LogP contribution in [0.5, 0.6) is 0 Å². The maximum atomic E-state index is 11.7. The smallest absolute Gasteiger partial charge is 0.266 e.